The van der Waals surface area contributed by atoms with Crippen LogP contribution in [0.5, 0.6) is 0 Å². The molecule has 2 fully saturated rings. The first-order valence-corrected chi connectivity index (χ1v) is 10.5. The van der Waals surface area contributed by atoms with Crippen LogP contribution in [0.1, 0.15) is 41.6 Å². The molecular weight excluding hydrogens is 367 g/mol. The van der Waals surface area contributed by atoms with Gasteiger partial charge in [0.25, 0.3) is 5.91 Å². The molecule has 0 aromatic heterocycles. The van der Waals surface area contributed by atoms with E-state index in [1.165, 1.54) is 11.6 Å². The van der Waals surface area contributed by atoms with Crippen molar-refractivity contribution in [1.29, 1.82) is 0 Å². The van der Waals surface area contributed by atoms with Crippen molar-refractivity contribution in [2.45, 2.75) is 42.0 Å². The molecule has 7 heteroatoms. The smallest absolute Gasteiger partial charge is 0.251 e. The first kappa shape index (κ1) is 18.1. The topological polar surface area (TPSA) is 75.3 Å². The third-order valence-electron chi connectivity index (χ3n) is 5.21. The summed E-state index contributed by atoms with van der Waals surface area (Å²) < 4.78 is 41.1. The zero-order valence-electron chi connectivity index (χ0n) is 14.7. The lowest BCUT2D eigenvalue weighted by Gasteiger charge is -2.17. The SMILES string of the molecule is O=C(NCC1(c2ccccc2)CC1)c1ccc(F)c(S(=O)(=O)NC2CC2)c1. The number of amides is 1. The highest BCUT2D eigenvalue weighted by atomic mass is 32.2. The lowest BCUT2D eigenvalue weighted by Crippen LogP contribution is -2.32. The summed E-state index contributed by atoms with van der Waals surface area (Å²) >= 11 is 0. The molecule has 142 valence electrons. The molecule has 0 heterocycles. The second-order valence-electron chi connectivity index (χ2n) is 7.37. The van der Waals surface area contributed by atoms with Crippen LogP contribution in [-0.2, 0) is 15.4 Å². The van der Waals surface area contributed by atoms with Gasteiger partial charge in [-0.2, -0.15) is 0 Å². The van der Waals surface area contributed by atoms with Gasteiger partial charge in [0.05, 0.1) is 0 Å². The van der Waals surface area contributed by atoms with Gasteiger partial charge in [0.15, 0.2) is 0 Å². The van der Waals surface area contributed by atoms with Crippen LogP contribution in [0.2, 0.25) is 0 Å². The van der Waals surface area contributed by atoms with Gasteiger partial charge in [0.2, 0.25) is 10.0 Å². The molecule has 4 rings (SSSR count). The van der Waals surface area contributed by atoms with Crippen molar-refractivity contribution in [3.63, 3.8) is 0 Å². The van der Waals surface area contributed by atoms with E-state index in [0.29, 0.717) is 6.54 Å². The zero-order chi connectivity index (χ0) is 19.1. The summed E-state index contributed by atoms with van der Waals surface area (Å²) in [7, 11) is -3.96. The van der Waals surface area contributed by atoms with Crippen LogP contribution in [0.3, 0.4) is 0 Å². The Bertz CT molecular complexity index is 968. The summed E-state index contributed by atoms with van der Waals surface area (Å²) in [5.74, 6) is -1.26. The largest absolute Gasteiger partial charge is 0.351 e. The summed E-state index contributed by atoms with van der Waals surface area (Å²) in [5, 5.41) is 2.87. The molecule has 0 radical (unpaired) electrons. The quantitative estimate of drug-likeness (QED) is 0.766. The number of benzene rings is 2. The normalized spacial score (nSPS) is 18.1. The highest BCUT2D eigenvalue weighted by Gasteiger charge is 2.44. The molecule has 0 bridgehead atoms. The van der Waals surface area contributed by atoms with Crippen molar-refractivity contribution >= 4 is 15.9 Å². The summed E-state index contributed by atoms with van der Waals surface area (Å²) in [4.78, 5) is 12.0. The fourth-order valence-corrected chi connectivity index (χ4v) is 4.60. The van der Waals surface area contributed by atoms with Gasteiger partial charge in [-0.3, -0.25) is 4.79 Å². The zero-order valence-corrected chi connectivity index (χ0v) is 15.6. The Morgan fingerprint density at radius 2 is 1.81 bits per heavy atom. The minimum Gasteiger partial charge on any atom is -0.351 e. The van der Waals surface area contributed by atoms with E-state index < -0.39 is 26.6 Å². The molecule has 27 heavy (non-hydrogen) atoms. The van der Waals surface area contributed by atoms with Crippen LogP contribution in [0.4, 0.5) is 4.39 Å². The Labute approximate surface area is 158 Å². The summed E-state index contributed by atoms with van der Waals surface area (Å²) in [5.41, 5.74) is 1.26. The van der Waals surface area contributed by atoms with E-state index in [-0.39, 0.29) is 17.0 Å². The van der Waals surface area contributed by atoms with E-state index in [0.717, 1.165) is 37.8 Å². The molecule has 2 saturated carbocycles. The Morgan fingerprint density at radius 3 is 2.44 bits per heavy atom. The Hall–Kier alpha value is -2.25. The van der Waals surface area contributed by atoms with Gasteiger partial charge in [-0.15, -0.1) is 0 Å². The van der Waals surface area contributed by atoms with Crippen molar-refractivity contribution in [1.82, 2.24) is 10.0 Å². The Morgan fingerprint density at radius 1 is 1.11 bits per heavy atom. The van der Waals surface area contributed by atoms with Gasteiger partial charge in [-0.25, -0.2) is 17.5 Å². The van der Waals surface area contributed by atoms with Crippen LogP contribution >= 0.6 is 0 Å². The van der Waals surface area contributed by atoms with Crippen molar-refractivity contribution in [3.05, 3.63) is 65.5 Å². The molecular formula is C20H21FN2O3S. The predicted molar refractivity (Wildman–Crippen MR) is 99.4 cm³/mol. The monoisotopic (exact) mass is 388 g/mol. The van der Waals surface area contributed by atoms with Crippen LogP contribution in [0, 0.1) is 5.82 Å². The highest BCUT2D eigenvalue weighted by Crippen LogP contribution is 2.47. The average Bonchev–Trinajstić information content (AvgIpc) is 3.57. The van der Waals surface area contributed by atoms with E-state index in [1.807, 2.05) is 30.3 Å². The second kappa shape index (κ2) is 6.73. The fourth-order valence-electron chi connectivity index (χ4n) is 3.20. The number of nitrogens with one attached hydrogen (secondary N) is 2. The second-order valence-corrected chi connectivity index (χ2v) is 9.05. The molecule has 2 aromatic rings. The van der Waals surface area contributed by atoms with Crippen molar-refractivity contribution < 1.29 is 17.6 Å². The van der Waals surface area contributed by atoms with Gasteiger partial charge >= 0.3 is 0 Å². The first-order chi connectivity index (χ1) is 12.9. The lowest BCUT2D eigenvalue weighted by molar-refractivity contribution is 0.0949. The van der Waals surface area contributed by atoms with Crippen molar-refractivity contribution in [2.24, 2.45) is 0 Å². The van der Waals surface area contributed by atoms with E-state index in [2.05, 4.69) is 10.0 Å². The maximum Gasteiger partial charge on any atom is 0.251 e. The van der Waals surface area contributed by atoms with E-state index in [9.17, 15) is 17.6 Å². The molecule has 2 aliphatic carbocycles. The molecule has 2 N–H and O–H groups in total. The molecule has 0 aliphatic heterocycles. The minimum atomic E-state index is -3.96. The third-order valence-corrected chi connectivity index (χ3v) is 6.74. The number of halogens is 1. The molecule has 0 saturated heterocycles. The minimum absolute atomic E-state index is 0.0562. The molecule has 0 atom stereocenters. The standard InChI is InChI=1S/C20H21FN2O3S/c21-17-9-6-14(12-18(17)27(25,26)23-16-7-8-16)19(24)22-13-20(10-11-20)15-4-2-1-3-5-15/h1-6,9,12,16,23H,7-8,10-11,13H2,(H,22,24). The van der Waals surface area contributed by atoms with Gasteiger partial charge < -0.3 is 5.32 Å². The number of sulfonamides is 1. The average molecular weight is 388 g/mol. The maximum atomic E-state index is 14.1. The van der Waals surface area contributed by atoms with Gasteiger partial charge in [-0.05, 0) is 49.4 Å². The lowest BCUT2D eigenvalue weighted by atomic mass is 9.96. The van der Waals surface area contributed by atoms with Gasteiger partial charge in [0.1, 0.15) is 10.7 Å². The molecule has 5 nitrogen and oxygen atoms in total. The molecule has 2 aromatic carbocycles. The van der Waals surface area contributed by atoms with Crippen molar-refractivity contribution in [2.75, 3.05) is 6.54 Å². The first-order valence-electron chi connectivity index (χ1n) is 9.05. The summed E-state index contributed by atoms with van der Waals surface area (Å²) in [6, 6.07) is 13.3. The van der Waals surface area contributed by atoms with Gasteiger partial charge in [0, 0.05) is 23.6 Å². The molecule has 0 unspecified atom stereocenters. The van der Waals surface area contributed by atoms with Crippen LogP contribution in [0.25, 0.3) is 0 Å². The molecule has 1 amide bonds. The number of carbonyl (C=O) groups excluding carboxylic acids is 1. The van der Waals surface area contributed by atoms with Gasteiger partial charge in [-0.1, -0.05) is 30.3 Å². The Balaban J connectivity index is 1.49. The maximum absolute atomic E-state index is 14.1. The Kier molecular flexibility index (Phi) is 4.52. The number of rotatable bonds is 7. The highest BCUT2D eigenvalue weighted by molar-refractivity contribution is 7.89. The van der Waals surface area contributed by atoms with Crippen LogP contribution in [0.15, 0.2) is 53.4 Å². The fraction of sp³-hybridized carbons (Fsp3) is 0.350. The number of hydrogen-bond donors (Lipinski definition) is 2. The molecule has 2 aliphatic rings. The van der Waals surface area contributed by atoms with Crippen LogP contribution in [-0.4, -0.2) is 26.9 Å². The molecule has 0 spiro atoms. The van der Waals surface area contributed by atoms with E-state index in [1.54, 1.807) is 0 Å². The summed E-state index contributed by atoms with van der Waals surface area (Å²) in [6.07, 6.45) is 3.49. The van der Waals surface area contributed by atoms with Crippen molar-refractivity contribution in [3.8, 4) is 0 Å². The van der Waals surface area contributed by atoms with E-state index >= 15 is 0 Å². The number of hydrogen-bond acceptors (Lipinski definition) is 3. The third kappa shape index (κ3) is 3.89. The predicted octanol–water partition coefficient (Wildman–Crippen LogP) is 2.73. The van der Waals surface area contributed by atoms with Crippen LogP contribution < -0.4 is 10.0 Å². The summed E-state index contributed by atoms with van der Waals surface area (Å²) in [6.45, 7) is 0.468. The number of carbonyl (C=O) groups is 1. The van der Waals surface area contributed by atoms with E-state index in [4.69, 9.17) is 0 Å².